The second-order valence-electron chi connectivity index (χ2n) is 2.43. The van der Waals surface area contributed by atoms with E-state index in [2.05, 4.69) is 0 Å². The minimum Gasteiger partial charge on any atom is -0.350 e. The third-order valence-corrected chi connectivity index (χ3v) is 2.14. The summed E-state index contributed by atoms with van der Waals surface area (Å²) in [7, 11) is 1.29. The van der Waals surface area contributed by atoms with E-state index in [9.17, 15) is 0 Å². The molecule has 0 aliphatic carbocycles. The zero-order valence-electron chi connectivity index (χ0n) is 6.09. The Hall–Kier alpha value is 0.137. The van der Waals surface area contributed by atoms with Crippen LogP contribution in [0.2, 0.25) is 6.04 Å². The SMILES string of the molecule is CC1OC1OCCC[SiH3]. The molecular weight excluding hydrogens is 132 g/mol. The molecule has 3 heteroatoms. The molecule has 0 saturated carbocycles. The molecule has 0 N–H and O–H groups in total. The first kappa shape index (κ1) is 7.25. The topological polar surface area (TPSA) is 21.8 Å². The fourth-order valence-electron chi connectivity index (χ4n) is 0.685. The van der Waals surface area contributed by atoms with Crippen LogP contribution in [0.25, 0.3) is 0 Å². The monoisotopic (exact) mass is 146 g/mol. The number of hydrogen-bond donors (Lipinski definition) is 0. The Morgan fingerprint density at radius 3 is 2.78 bits per heavy atom. The van der Waals surface area contributed by atoms with Gasteiger partial charge in [-0.1, -0.05) is 6.04 Å². The molecule has 0 radical (unpaired) electrons. The van der Waals surface area contributed by atoms with Crippen molar-refractivity contribution in [2.45, 2.75) is 31.8 Å². The van der Waals surface area contributed by atoms with Crippen LogP contribution in [0, 0.1) is 0 Å². The van der Waals surface area contributed by atoms with Gasteiger partial charge in [0.2, 0.25) is 0 Å². The summed E-state index contributed by atoms with van der Waals surface area (Å²) >= 11 is 0. The van der Waals surface area contributed by atoms with Gasteiger partial charge in [-0.05, 0) is 13.3 Å². The molecule has 2 atom stereocenters. The van der Waals surface area contributed by atoms with Gasteiger partial charge in [0.1, 0.15) is 6.10 Å². The van der Waals surface area contributed by atoms with Gasteiger partial charge in [-0.15, -0.1) is 0 Å². The Labute approximate surface area is 59.0 Å². The van der Waals surface area contributed by atoms with Gasteiger partial charge in [-0.25, -0.2) is 0 Å². The smallest absolute Gasteiger partial charge is 0.184 e. The second kappa shape index (κ2) is 3.34. The molecule has 1 rings (SSSR count). The Balaban J connectivity index is 1.83. The Morgan fingerprint density at radius 1 is 1.67 bits per heavy atom. The largest absolute Gasteiger partial charge is 0.350 e. The van der Waals surface area contributed by atoms with Gasteiger partial charge in [0.15, 0.2) is 6.29 Å². The highest BCUT2D eigenvalue weighted by molar-refractivity contribution is 6.08. The van der Waals surface area contributed by atoms with E-state index < -0.39 is 0 Å². The van der Waals surface area contributed by atoms with Crippen LogP contribution in [-0.2, 0) is 9.47 Å². The maximum atomic E-state index is 5.31. The van der Waals surface area contributed by atoms with Crippen LogP contribution in [0.15, 0.2) is 0 Å². The van der Waals surface area contributed by atoms with E-state index in [0.717, 1.165) is 6.61 Å². The van der Waals surface area contributed by atoms with E-state index in [4.69, 9.17) is 9.47 Å². The van der Waals surface area contributed by atoms with Crippen molar-refractivity contribution in [2.75, 3.05) is 6.61 Å². The summed E-state index contributed by atoms with van der Waals surface area (Å²) < 4.78 is 10.4. The van der Waals surface area contributed by atoms with Crippen molar-refractivity contribution >= 4 is 10.2 Å². The maximum Gasteiger partial charge on any atom is 0.184 e. The second-order valence-corrected chi connectivity index (χ2v) is 3.43. The first-order valence-corrected chi connectivity index (χ1v) is 5.03. The van der Waals surface area contributed by atoms with Crippen LogP contribution in [0.4, 0.5) is 0 Å². The molecule has 2 unspecified atom stereocenters. The van der Waals surface area contributed by atoms with Crippen LogP contribution in [0.1, 0.15) is 13.3 Å². The van der Waals surface area contributed by atoms with Gasteiger partial charge in [0.25, 0.3) is 0 Å². The number of rotatable bonds is 4. The summed E-state index contributed by atoms with van der Waals surface area (Å²) in [5.74, 6) is 0. The first-order valence-electron chi connectivity index (χ1n) is 3.61. The van der Waals surface area contributed by atoms with Crippen LogP contribution < -0.4 is 0 Å². The van der Waals surface area contributed by atoms with E-state index >= 15 is 0 Å². The summed E-state index contributed by atoms with van der Waals surface area (Å²) in [5, 5.41) is 0. The van der Waals surface area contributed by atoms with Gasteiger partial charge in [-0.2, -0.15) is 0 Å². The minimum atomic E-state index is 0.137. The summed E-state index contributed by atoms with van der Waals surface area (Å²) in [6.45, 7) is 2.92. The van der Waals surface area contributed by atoms with Crippen LogP contribution in [0.5, 0.6) is 0 Å². The summed E-state index contributed by atoms with van der Waals surface area (Å²) in [6.07, 6.45) is 1.70. The predicted octanol–water partition coefficient (Wildman–Crippen LogP) is -0.0784. The molecule has 1 fully saturated rings. The highest BCUT2D eigenvalue weighted by Crippen LogP contribution is 2.21. The number of epoxide rings is 1. The van der Waals surface area contributed by atoms with Crippen molar-refractivity contribution in [2.24, 2.45) is 0 Å². The molecule has 0 aromatic heterocycles. The lowest BCUT2D eigenvalue weighted by Crippen LogP contribution is -1.99. The molecule has 0 spiro atoms. The molecule has 1 aliphatic heterocycles. The first-order chi connectivity index (χ1) is 4.34. The Bertz CT molecular complexity index is 87.1. The van der Waals surface area contributed by atoms with E-state index in [1.807, 2.05) is 6.92 Å². The van der Waals surface area contributed by atoms with Gasteiger partial charge in [0.05, 0.1) is 0 Å². The Kier molecular flexibility index (Phi) is 2.69. The highest BCUT2D eigenvalue weighted by atomic mass is 28.1. The zero-order valence-corrected chi connectivity index (χ0v) is 8.09. The number of ether oxygens (including phenoxy) is 2. The average molecular weight is 146 g/mol. The molecule has 0 bridgehead atoms. The van der Waals surface area contributed by atoms with Crippen molar-refractivity contribution in [3.05, 3.63) is 0 Å². The van der Waals surface area contributed by atoms with Crippen molar-refractivity contribution in [3.8, 4) is 0 Å². The molecule has 9 heavy (non-hydrogen) atoms. The Morgan fingerprint density at radius 2 is 2.33 bits per heavy atom. The molecule has 1 aliphatic rings. The predicted molar refractivity (Wildman–Crippen MR) is 39.7 cm³/mol. The van der Waals surface area contributed by atoms with Gasteiger partial charge < -0.3 is 9.47 Å². The third kappa shape index (κ3) is 2.47. The van der Waals surface area contributed by atoms with E-state index in [1.165, 1.54) is 22.7 Å². The molecule has 0 aromatic rings. The standard InChI is InChI=1S/C6H14O2Si/c1-5-6(8-5)7-3-2-4-9/h5-6H,2-4H2,1,9H3. The number of hydrogen-bond acceptors (Lipinski definition) is 2. The van der Waals surface area contributed by atoms with Crippen LogP contribution >= 0.6 is 0 Å². The van der Waals surface area contributed by atoms with Gasteiger partial charge >= 0.3 is 0 Å². The summed E-state index contributed by atoms with van der Waals surface area (Å²) in [5.41, 5.74) is 0. The normalized spacial score (nSPS) is 33.0. The van der Waals surface area contributed by atoms with Crippen LogP contribution in [0.3, 0.4) is 0 Å². The summed E-state index contributed by atoms with van der Waals surface area (Å²) in [6, 6.07) is 1.33. The minimum absolute atomic E-state index is 0.137. The highest BCUT2D eigenvalue weighted by Gasteiger charge is 2.34. The van der Waals surface area contributed by atoms with E-state index in [0.29, 0.717) is 6.10 Å². The average Bonchev–Trinajstić information content (AvgIpc) is 2.48. The molecule has 54 valence electrons. The lowest BCUT2D eigenvalue weighted by Gasteiger charge is -1.95. The summed E-state index contributed by atoms with van der Waals surface area (Å²) in [4.78, 5) is 0. The van der Waals surface area contributed by atoms with E-state index in [-0.39, 0.29) is 6.29 Å². The van der Waals surface area contributed by atoms with Crippen LogP contribution in [-0.4, -0.2) is 29.2 Å². The molecule has 1 saturated heterocycles. The fraction of sp³-hybridized carbons (Fsp3) is 1.00. The van der Waals surface area contributed by atoms with Crippen molar-refractivity contribution in [1.82, 2.24) is 0 Å². The molecule has 0 amide bonds. The van der Waals surface area contributed by atoms with Gasteiger partial charge in [-0.3, -0.25) is 0 Å². The van der Waals surface area contributed by atoms with Crippen molar-refractivity contribution in [1.29, 1.82) is 0 Å². The zero-order chi connectivity index (χ0) is 6.69. The van der Waals surface area contributed by atoms with Gasteiger partial charge in [0, 0.05) is 16.8 Å². The molecule has 2 nitrogen and oxygen atoms in total. The van der Waals surface area contributed by atoms with Crippen molar-refractivity contribution < 1.29 is 9.47 Å². The van der Waals surface area contributed by atoms with E-state index in [1.54, 1.807) is 0 Å². The molecule has 1 heterocycles. The molecular formula is C6H14O2Si. The quantitative estimate of drug-likeness (QED) is 0.314. The molecule has 0 aromatic carbocycles. The van der Waals surface area contributed by atoms with Crippen molar-refractivity contribution in [3.63, 3.8) is 0 Å². The lowest BCUT2D eigenvalue weighted by atomic mass is 10.5. The lowest BCUT2D eigenvalue weighted by molar-refractivity contribution is 0.0508. The fourth-order valence-corrected chi connectivity index (χ4v) is 0.973. The third-order valence-electron chi connectivity index (χ3n) is 1.44. The maximum absolute atomic E-state index is 5.31.